The summed E-state index contributed by atoms with van der Waals surface area (Å²) in [4.78, 5) is 2.53. The number of halogens is 1. The Morgan fingerprint density at radius 2 is 2.12 bits per heavy atom. The van der Waals surface area contributed by atoms with E-state index in [0.717, 1.165) is 4.88 Å². The van der Waals surface area contributed by atoms with E-state index in [1.807, 2.05) is 0 Å². The third-order valence-electron chi connectivity index (χ3n) is 2.96. The Kier molecular flexibility index (Phi) is 3.68. The summed E-state index contributed by atoms with van der Waals surface area (Å²) in [5, 5.41) is 9.45. The number of hydrogen-bond donors (Lipinski definition) is 0. The second kappa shape index (κ2) is 5.03. The average molecular weight is 252 g/mol. The summed E-state index contributed by atoms with van der Waals surface area (Å²) in [5.74, 6) is 0. The van der Waals surface area contributed by atoms with Crippen LogP contribution in [0.2, 0.25) is 0 Å². The molecule has 0 bridgehead atoms. The first-order chi connectivity index (χ1) is 7.72. The average Bonchev–Trinajstić information content (AvgIpc) is 2.58. The lowest BCUT2D eigenvalue weighted by atomic mass is 10.1. The van der Waals surface area contributed by atoms with Crippen LogP contribution in [0.5, 0.6) is 0 Å². The van der Waals surface area contributed by atoms with Crippen LogP contribution in [0.1, 0.15) is 41.5 Å². The highest BCUT2D eigenvalue weighted by Crippen LogP contribution is 2.35. The Bertz CT molecular complexity index is 441. The molecule has 1 heterocycles. The molecule has 84 valence electrons. The van der Waals surface area contributed by atoms with Crippen LogP contribution >= 0.6 is 22.9 Å². The normalized spacial score (nSPS) is 17.1. The van der Waals surface area contributed by atoms with Gasteiger partial charge >= 0.3 is 0 Å². The molecule has 0 aliphatic heterocycles. The highest BCUT2D eigenvalue weighted by atomic mass is 35.5. The number of fused-ring (bicyclic) bond motifs is 1. The molecule has 1 aliphatic carbocycles. The van der Waals surface area contributed by atoms with Gasteiger partial charge in [-0.1, -0.05) is 18.0 Å². The van der Waals surface area contributed by atoms with E-state index in [0.29, 0.717) is 10.6 Å². The number of allylic oxidation sites excluding steroid dienone is 1. The van der Waals surface area contributed by atoms with Gasteiger partial charge in [0.15, 0.2) is 0 Å². The fourth-order valence-corrected chi connectivity index (χ4v) is 3.47. The van der Waals surface area contributed by atoms with Crippen molar-refractivity contribution >= 4 is 28.0 Å². The van der Waals surface area contributed by atoms with Crippen LogP contribution in [0.4, 0.5) is 0 Å². The first-order valence-corrected chi connectivity index (χ1v) is 6.80. The number of thiophene rings is 1. The van der Waals surface area contributed by atoms with Crippen LogP contribution in [0, 0.1) is 11.3 Å². The highest BCUT2D eigenvalue weighted by Gasteiger charge is 2.14. The van der Waals surface area contributed by atoms with Crippen molar-refractivity contribution in [2.24, 2.45) is 0 Å². The third kappa shape index (κ3) is 2.31. The molecule has 1 aromatic rings. The van der Waals surface area contributed by atoms with Gasteiger partial charge in [0.25, 0.3) is 0 Å². The number of hydrogen-bond acceptors (Lipinski definition) is 2. The lowest BCUT2D eigenvalue weighted by molar-refractivity contribution is 0.712. The lowest BCUT2D eigenvalue weighted by Gasteiger charge is -1.95. The van der Waals surface area contributed by atoms with E-state index in [-0.39, 0.29) is 0 Å². The molecule has 0 N–H and O–H groups in total. The summed E-state index contributed by atoms with van der Waals surface area (Å²) in [6, 6.07) is 4.29. The van der Waals surface area contributed by atoms with Gasteiger partial charge in [-0.3, -0.25) is 0 Å². The fraction of sp³-hybridized carbons (Fsp3) is 0.462. The second-order valence-corrected chi connectivity index (χ2v) is 5.69. The van der Waals surface area contributed by atoms with Crippen LogP contribution in [0.3, 0.4) is 0 Å². The molecule has 3 heteroatoms. The monoisotopic (exact) mass is 251 g/mol. The fourth-order valence-electron chi connectivity index (χ4n) is 2.01. The van der Waals surface area contributed by atoms with E-state index in [1.165, 1.54) is 42.5 Å². The van der Waals surface area contributed by atoms with Crippen LogP contribution < -0.4 is 0 Å². The quantitative estimate of drug-likeness (QED) is 0.532. The van der Waals surface area contributed by atoms with Crippen molar-refractivity contribution in [3.63, 3.8) is 0 Å². The van der Waals surface area contributed by atoms with Crippen LogP contribution in [-0.2, 0) is 12.8 Å². The predicted octanol–water partition coefficient (Wildman–Crippen LogP) is 4.51. The summed E-state index contributed by atoms with van der Waals surface area (Å²) >= 11 is 7.94. The highest BCUT2D eigenvalue weighted by molar-refractivity contribution is 7.14. The first kappa shape index (κ1) is 11.7. The Morgan fingerprint density at radius 1 is 1.38 bits per heavy atom. The largest absolute Gasteiger partial charge is 0.193 e. The van der Waals surface area contributed by atoms with Crippen molar-refractivity contribution in [2.75, 3.05) is 0 Å². The van der Waals surface area contributed by atoms with Crippen molar-refractivity contribution in [2.45, 2.75) is 39.0 Å². The molecule has 0 radical (unpaired) electrons. The van der Waals surface area contributed by atoms with Crippen molar-refractivity contribution < 1.29 is 0 Å². The molecule has 0 amide bonds. The van der Waals surface area contributed by atoms with Gasteiger partial charge in [0.1, 0.15) is 0 Å². The molecule has 0 saturated heterocycles. The molecule has 1 aromatic heterocycles. The molecule has 16 heavy (non-hydrogen) atoms. The molecule has 0 spiro atoms. The Morgan fingerprint density at radius 3 is 2.88 bits per heavy atom. The summed E-state index contributed by atoms with van der Waals surface area (Å²) in [6.45, 7) is 1.77. The van der Waals surface area contributed by atoms with E-state index >= 15 is 0 Å². The van der Waals surface area contributed by atoms with Gasteiger partial charge in [-0.15, -0.1) is 11.3 Å². The number of rotatable bonds is 1. The van der Waals surface area contributed by atoms with Gasteiger partial charge in [0, 0.05) is 15.3 Å². The molecule has 1 aliphatic rings. The third-order valence-corrected chi connectivity index (χ3v) is 4.81. The minimum atomic E-state index is 0.609. The zero-order valence-corrected chi connectivity index (χ0v) is 10.9. The van der Waals surface area contributed by atoms with Gasteiger partial charge in [-0.05, 0) is 44.2 Å². The molecule has 1 nitrogen and oxygen atoms in total. The molecular weight excluding hydrogens is 238 g/mol. The van der Waals surface area contributed by atoms with Crippen molar-refractivity contribution in [3.8, 4) is 6.07 Å². The number of nitrogens with zero attached hydrogens (tertiary/aromatic N) is 1. The second-order valence-electron chi connectivity index (χ2n) is 4.17. The molecule has 0 atom stereocenters. The summed E-state index contributed by atoms with van der Waals surface area (Å²) < 4.78 is 0. The summed E-state index contributed by atoms with van der Waals surface area (Å²) in [5.41, 5.74) is 2.06. The van der Waals surface area contributed by atoms with Crippen molar-refractivity contribution in [1.29, 1.82) is 5.26 Å². The van der Waals surface area contributed by atoms with E-state index < -0.39 is 0 Å². The number of nitriles is 1. The Hall–Kier alpha value is -0.780. The molecule has 0 aromatic carbocycles. The van der Waals surface area contributed by atoms with Crippen LogP contribution in [0.15, 0.2) is 11.6 Å². The van der Waals surface area contributed by atoms with E-state index in [1.54, 1.807) is 18.3 Å². The van der Waals surface area contributed by atoms with Crippen molar-refractivity contribution in [1.82, 2.24) is 0 Å². The van der Waals surface area contributed by atoms with E-state index in [2.05, 4.69) is 12.1 Å². The molecule has 0 fully saturated rings. The van der Waals surface area contributed by atoms with Gasteiger partial charge < -0.3 is 0 Å². The zero-order chi connectivity index (χ0) is 11.5. The maximum absolute atomic E-state index is 8.83. The maximum atomic E-state index is 8.83. The molecule has 0 saturated carbocycles. The van der Waals surface area contributed by atoms with Gasteiger partial charge in [-0.25, -0.2) is 0 Å². The minimum absolute atomic E-state index is 0.609. The van der Waals surface area contributed by atoms with Gasteiger partial charge in [0.2, 0.25) is 0 Å². The summed E-state index contributed by atoms with van der Waals surface area (Å²) in [7, 11) is 0. The van der Waals surface area contributed by atoms with Gasteiger partial charge in [0.05, 0.1) is 11.1 Å². The van der Waals surface area contributed by atoms with Crippen LogP contribution in [-0.4, -0.2) is 0 Å². The Balaban J connectivity index is 2.36. The van der Waals surface area contributed by atoms with E-state index in [4.69, 9.17) is 16.9 Å². The number of aryl methyl sites for hydroxylation is 2. The standard InChI is InChI=1S/C13H14ClNS/c1-9(8-15)13(14)12-7-10-5-3-2-4-6-11(10)16-12/h7H,2-6H2,1H3. The van der Waals surface area contributed by atoms with Crippen LogP contribution in [0.25, 0.3) is 5.03 Å². The zero-order valence-electron chi connectivity index (χ0n) is 9.35. The van der Waals surface area contributed by atoms with Crippen molar-refractivity contribution in [3.05, 3.63) is 27.0 Å². The Labute approximate surface area is 105 Å². The predicted molar refractivity (Wildman–Crippen MR) is 69.6 cm³/mol. The lowest BCUT2D eigenvalue weighted by Crippen LogP contribution is -1.81. The maximum Gasteiger partial charge on any atom is 0.0960 e. The molecular formula is C13H14ClNS. The molecule has 2 rings (SSSR count). The minimum Gasteiger partial charge on any atom is -0.193 e. The molecule has 0 unspecified atom stereocenters. The summed E-state index contributed by atoms with van der Waals surface area (Å²) in [6.07, 6.45) is 6.24. The first-order valence-electron chi connectivity index (χ1n) is 5.61. The van der Waals surface area contributed by atoms with Gasteiger partial charge in [-0.2, -0.15) is 5.26 Å². The SMILES string of the molecule is CC(C#N)=C(Cl)c1cc2c(s1)CCCCC2. The topological polar surface area (TPSA) is 23.8 Å². The smallest absolute Gasteiger partial charge is 0.0960 e. The van der Waals surface area contributed by atoms with E-state index in [9.17, 15) is 0 Å².